The zero-order valence-corrected chi connectivity index (χ0v) is 19.5. The Balaban J connectivity index is 0.00000364. The summed E-state index contributed by atoms with van der Waals surface area (Å²) in [5.74, 6) is 1.27. The number of aliphatic hydroxyl groups is 1. The molecular formula is C20H31IN4OS. The summed E-state index contributed by atoms with van der Waals surface area (Å²) in [4.78, 5) is 9.22. The largest absolute Gasteiger partial charge is 0.388 e. The Morgan fingerprint density at radius 2 is 1.96 bits per heavy atom. The van der Waals surface area contributed by atoms with E-state index in [2.05, 4.69) is 39.8 Å². The molecule has 27 heavy (non-hydrogen) atoms. The van der Waals surface area contributed by atoms with Crippen LogP contribution in [0.5, 0.6) is 0 Å². The summed E-state index contributed by atoms with van der Waals surface area (Å²) < 4.78 is 0. The second-order valence-corrected chi connectivity index (χ2v) is 7.37. The van der Waals surface area contributed by atoms with Crippen LogP contribution >= 0.6 is 35.3 Å². The molecule has 0 amide bonds. The number of nitrogens with one attached hydrogen (secondary N) is 2. The monoisotopic (exact) mass is 502 g/mol. The van der Waals surface area contributed by atoms with Crippen molar-refractivity contribution in [2.75, 3.05) is 19.6 Å². The molecule has 5 nitrogen and oxygen atoms in total. The second kappa shape index (κ2) is 13.1. The van der Waals surface area contributed by atoms with Crippen molar-refractivity contribution in [2.45, 2.75) is 45.6 Å². The molecule has 150 valence electrons. The summed E-state index contributed by atoms with van der Waals surface area (Å²) in [7, 11) is 0. The fraction of sp³-hybridized carbons (Fsp3) is 0.500. The van der Waals surface area contributed by atoms with Crippen molar-refractivity contribution in [3.63, 3.8) is 0 Å². The first-order chi connectivity index (χ1) is 12.6. The molecule has 0 fully saturated rings. The number of hydrogen-bond acceptors (Lipinski definition) is 4. The lowest BCUT2D eigenvalue weighted by atomic mass is 10.1. The first kappa shape index (κ1) is 23.8. The van der Waals surface area contributed by atoms with E-state index in [-0.39, 0.29) is 24.0 Å². The van der Waals surface area contributed by atoms with Crippen LogP contribution in [0.15, 0.2) is 40.7 Å². The Kier molecular flexibility index (Phi) is 11.5. The quantitative estimate of drug-likeness (QED) is 0.274. The van der Waals surface area contributed by atoms with Crippen molar-refractivity contribution in [3.8, 4) is 0 Å². The Morgan fingerprint density at radius 3 is 2.59 bits per heavy atom. The number of benzene rings is 1. The Morgan fingerprint density at radius 1 is 1.22 bits per heavy atom. The molecule has 0 aliphatic carbocycles. The van der Waals surface area contributed by atoms with Crippen molar-refractivity contribution in [1.29, 1.82) is 0 Å². The third-order valence-electron chi connectivity index (χ3n) is 3.94. The molecular weight excluding hydrogens is 471 g/mol. The highest BCUT2D eigenvalue weighted by Crippen LogP contribution is 2.19. The summed E-state index contributed by atoms with van der Waals surface area (Å²) in [5, 5.41) is 20.1. The molecule has 0 aliphatic rings. The van der Waals surface area contributed by atoms with Gasteiger partial charge in [-0.2, -0.15) is 0 Å². The molecule has 1 aromatic carbocycles. The van der Waals surface area contributed by atoms with Gasteiger partial charge in [0.15, 0.2) is 5.96 Å². The van der Waals surface area contributed by atoms with Gasteiger partial charge in [0.05, 0.1) is 16.8 Å². The lowest BCUT2D eigenvalue weighted by Gasteiger charge is -2.12. The molecule has 1 unspecified atom stereocenters. The van der Waals surface area contributed by atoms with Crippen LogP contribution in [0.2, 0.25) is 0 Å². The smallest absolute Gasteiger partial charge is 0.191 e. The maximum absolute atomic E-state index is 10.2. The number of guanidine groups is 1. The minimum atomic E-state index is -0.479. The molecule has 0 radical (unpaired) electrons. The highest BCUT2D eigenvalue weighted by atomic mass is 127. The molecule has 3 N–H and O–H groups in total. The standard InChI is InChI=1S/C20H30N4OS.HI/c1-4-21-20(22-12-10-17-14-26-19(24-17)15(2)3)23-13-11-18(25)16-8-6-5-7-9-16;/h5-9,14-15,18,25H,4,10-13H2,1-3H3,(H2,21,22,23);1H. The number of aromatic nitrogens is 1. The molecule has 0 aliphatic heterocycles. The van der Waals surface area contributed by atoms with E-state index in [0.29, 0.717) is 18.9 Å². The van der Waals surface area contributed by atoms with Crippen LogP contribution in [0.1, 0.15) is 55.5 Å². The van der Waals surface area contributed by atoms with Gasteiger partial charge in [0.2, 0.25) is 0 Å². The summed E-state index contributed by atoms with van der Waals surface area (Å²) in [6.45, 7) is 8.54. The molecule has 0 saturated carbocycles. The summed E-state index contributed by atoms with van der Waals surface area (Å²) >= 11 is 1.73. The van der Waals surface area contributed by atoms with E-state index in [9.17, 15) is 5.11 Å². The minimum Gasteiger partial charge on any atom is -0.388 e. The third kappa shape index (κ3) is 8.57. The fourth-order valence-electron chi connectivity index (χ4n) is 2.49. The van der Waals surface area contributed by atoms with Gasteiger partial charge in [-0.3, -0.25) is 4.99 Å². The van der Waals surface area contributed by atoms with E-state index >= 15 is 0 Å². The lowest BCUT2D eigenvalue weighted by Crippen LogP contribution is -2.38. The number of rotatable bonds is 9. The molecule has 0 bridgehead atoms. The van der Waals surface area contributed by atoms with Crippen molar-refractivity contribution in [2.24, 2.45) is 4.99 Å². The van der Waals surface area contributed by atoms with Gasteiger partial charge in [0.1, 0.15) is 0 Å². The second-order valence-electron chi connectivity index (χ2n) is 6.48. The molecule has 2 aromatic rings. The predicted octanol–water partition coefficient (Wildman–Crippen LogP) is 4.11. The maximum Gasteiger partial charge on any atom is 0.191 e. The Labute approximate surface area is 183 Å². The van der Waals surface area contributed by atoms with Gasteiger partial charge in [-0.05, 0) is 18.9 Å². The number of halogens is 1. The predicted molar refractivity (Wildman–Crippen MR) is 125 cm³/mol. The van der Waals surface area contributed by atoms with Crippen LogP contribution in [-0.2, 0) is 6.42 Å². The molecule has 0 spiro atoms. The molecule has 1 heterocycles. The topological polar surface area (TPSA) is 69.5 Å². The first-order valence-corrected chi connectivity index (χ1v) is 10.2. The van der Waals surface area contributed by atoms with Crippen LogP contribution in [0.25, 0.3) is 0 Å². The average Bonchev–Trinajstić information content (AvgIpc) is 3.11. The van der Waals surface area contributed by atoms with Crippen LogP contribution < -0.4 is 10.6 Å². The van der Waals surface area contributed by atoms with Gasteiger partial charge >= 0.3 is 0 Å². The number of hydrogen-bond donors (Lipinski definition) is 3. The number of aliphatic hydroxyl groups excluding tert-OH is 1. The van der Waals surface area contributed by atoms with Crippen molar-refractivity contribution in [3.05, 3.63) is 52.0 Å². The highest BCUT2D eigenvalue weighted by molar-refractivity contribution is 14.0. The van der Waals surface area contributed by atoms with Crippen molar-refractivity contribution < 1.29 is 5.11 Å². The summed E-state index contributed by atoms with van der Waals surface area (Å²) in [5.41, 5.74) is 2.06. The van der Waals surface area contributed by atoms with Crippen LogP contribution in [-0.4, -0.2) is 35.7 Å². The maximum atomic E-state index is 10.2. The van der Waals surface area contributed by atoms with Gasteiger partial charge in [-0.25, -0.2) is 4.98 Å². The van der Waals surface area contributed by atoms with Gasteiger partial charge < -0.3 is 15.7 Å². The molecule has 0 saturated heterocycles. The van der Waals surface area contributed by atoms with E-state index in [1.165, 1.54) is 5.01 Å². The Bertz CT molecular complexity index is 676. The molecule has 7 heteroatoms. The Hall–Kier alpha value is -1.19. The van der Waals surface area contributed by atoms with Crippen LogP contribution in [0.4, 0.5) is 0 Å². The third-order valence-corrected chi connectivity index (χ3v) is 5.13. The number of aliphatic imine (C=N–C) groups is 1. The van der Waals surface area contributed by atoms with Crippen molar-refractivity contribution in [1.82, 2.24) is 15.6 Å². The van der Waals surface area contributed by atoms with Crippen molar-refractivity contribution >= 4 is 41.3 Å². The van der Waals surface area contributed by atoms with Crippen LogP contribution in [0.3, 0.4) is 0 Å². The zero-order chi connectivity index (χ0) is 18.8. The number of nitrogens with zero attached hydrogens (tertiary/aromatic N) is 2. The summed E-state index contributed by atoms with van der Waals surface area (Å²) in [6.07, 6.45) is 0.998. The van der Waals surface area contributed by atoms with Crippen LogP contribution in [0, 0.1) is 0 Å². The number of thiazole rings is 1. The fourth-order valence-corrected chi connectivity index (χ4v) is 3.36. The normalized spacial score (nSPS) is 12.6. The van der Waals surface area contributed by atoms with E-state index in [0.717, 1.165) is 36.7 Å². The van der Waals surface area contributed by atoms with E-state index < -0.39 is 6.10 Å². The highest BCUT2D eigenvalue weighted by Gasteiger charge is 2.07. The summed E-state index contributed by atoms with van der Waals surface area (Å²) in [6, 6.07) is 9.72. The molecule has 1 atom stereocenters. The first-order valence-electron chi connectivity index (χ1n) is 9.29. The average molecular weight is 502 g/mol. The SMILES string of the molecule is CCNC(=NCCC(O)c1ccccc1)NCCc1csc(C(C)C)n1.I. The van der Waals surface area contributed by atoms with Gasteiger partial charge in [0.25, 0.3) is 0 Å². The van der Waals surface area contributed by atoms with E-state index in [4.69, 9.17) is 0 Å². The molecule has 1 aromatic heterocycles. The molecule has 2 rings (SSSR count). The van der Waals surface area contributed by atoms with E-state index in [1.807, 2.05) is 37.3 Å². The van der Waals surface area contributed by atoms with Gasteiger partial charge in [-0.15, -0.1) is 35.3 Å². The van der Waals surface area contributed by atoms with Gasteiger partial charge in [-0.1, -0.05) is 44.2 Å². The van der Waals surface area contributed by atoms with E-state index in [1.54, 1.807) is 11.3 Å². The zero-order valence-electron chi connectivity index (χ0n) is 16.3. The van der Waals surface area contributed by atoms with Gasteiger partial charge in [0, 0.05) is 37.4 Å². The minimum absolute atomic E-state index is 0. The lowest BCUT2D eigenvalue weighted by molar-refractivity contribution is 0.170.